The summed E-state index contributed by atoms with van der Waals surface area (Å²) < 4.78 is 26.4. The quantitative estimate of drug-likeness (QED) is 0.856. The van der Waals surface area contributed by atoms with Crippen LogP contribution in [0.2, 0.25) is 0 Å². The van der Waals surface area contributed by atoms with Crippen molar-refractivity contribution in [2.45, 2.75) is 32.1 Å². The van der Waals surface area contributed by atoms with Gasteiger partial charge < -0.3 is 5.11 Å². The van der Waals surface area contributed by atoms with Gasteiger partial charge in [0.1, 0.15) is 0 Å². The topological polar surface area (TPSA) is 57.6 Å². The fourth-order valence-electron chi connectivity index (χ4n) is 1.82. The van der Waals surface area contributed by atoms with Crippen molar-refractivity contribution in [1.29, 1.82) is 0 Å². The molecule has 18 heavy (non-hydrogen) atoms. The van der Waals surface area contributed by atoms with Gasteiger partial charge in [-0.15, -0.1) is 0 Å². The zero-order valence-electron chi connectivity index (χ0n) is 11.2. The first-order valence-electron chi connectivity index (χ1n) is 6.11. The van der Waals surface area contributed by atoms with Crippen molar-refractivity contribution >= 4 is 10.0 Å². The maximum atomic E-state index is 12.5. The fraction of sp³-hybridized carbons (Fsp3) is 0.538. The second-order valence-corrected chi connectivity index (χ2v) is 6.25. The number of aliphatic hydroxyl groups excluding tert-OH is 1. The SMILES string of the molecule is CCN(CCCO)S(=O)(=O)c1cc(C)ccc1C. The summed E-state index contributed by atoms with van der Waals surface area (Å²) in [4.78, 5) is 0.363. The zero-order valence-corrected chi connectivity index (χ0v) is 12.0. The van der Waals surface area contributed by atoms with E-state index in [1.165, 1.54) is 4.31 Å². The number of nitrogens with zero attached hydrogens (tertiary/aromatic N) is 1. The Labute approximate surface area is 109 Å². The Bertz CT molecular complexity index is 497. The van der Waals surface area contributed by atoms with Crippen LogP contribution < -0.4 is 0 Å². The summed E-state index contributed by atoms with van der Waals surface area (Å²) in [5.41, 5.74) is 1.68. The summed E-state index contributed by atoms with van der Waals surface area (Å²) >= 11 is 0. The van der Waals surface area contributed by atoms with E-state index in [1.807, 2.05) is 19.1 Å². The lowest BCUT2D eigenvalue weighted by Crippen LogP contribution is -2.32. The summed E-state index contributed by atoms with van der Waals surface area (Å²) in [6, 6.07) is 5.42. The van der Waals surface area contributed by atoms with E-state index in [9.17, 15) is 8.42 Å². The molecule has 0 heterocycles. The van der Waals surface area contributed by atoms with Crippen molar-refractivity contribution < 1.29 is 13.5 Å². The molecule has 0 bridgehead atoms. The molecule has 0 fully saturated rings. The standard InChI is InChI=1S/C13H21NO3S/c1-4-14(8-5-9-15)18(16,17)13-10-11(2)6-7-12(13)3/h6-7,10,15H,4-5,8-9H2,1-3H3. The average Bonchev–Trinajstić information content (AvgIpc) is 2.33. The van der Waals surface area contributed by atoms with E-state index < -0.39 is 10.0 Å². The Morgan fingerprint density at radius 3 is 2.50 bits per heavy atom. The molecular weight excluding hydrogens is 250 g/mol. The Hall–Kier alpha value is -0.910. The van der Waals surface area contributed by atoms with Gasteiger partial charge in [-0.25, -0.2) is 8.42 Å². The summed E-state index contributed by atoms with van der Waals surface area (Å²) in [7, 11) is -3.45. The van der Waals surface area contributed by atoms with Gasteiger partial charge in [0.05, 0.1) is 4.90 Å². The van der Waals surface area contributed by atoms with Crippen LogP contribution in [-0.4, -0.2) is 37.5 Å². The first-order valence-corrected chi connectivity index (χ1v) is 7.55. The van der Waals surface area contributed by atoms with Crippen LogP contribution in [0, 0.1) is 13.8 Å². The smallest absolute Gasteiger partial charge is 0.243 e. The summed E-state index contributed by atoms with van der Waals surface area (Å²) in [6.07, 6.45) is 0.456. The van der Waals surface area contributed by atoms with E-state index in [4.69, 9.17) is 5.11 Å². The van der Waals surface area contributed by atoms with E-state index in [-0.39, 0.29) is 6.61 Å². The molecule has 0 amide bonds. The lowest BCUT2D eigenvalue weighted by Gasteiger charge is -2.21. The normalized spacial score (nSPS) is 12.1. The van der Waals surface area contributed by atoms with Gasteiger partial charge in [-0.3, -0.25) is 0 Å². The largest absolute Gasteiger partial charge is 0.396 e. The van der Waals surface area contributed by atoms with E-state index in [1.54, 1.807) is 19.9 Å². The molecule has 0 aromatic heterocycles. The van der Waals surface area contributed by atoms with Gasteiger partial charge in [0, 0.05) is 19.7 Å². The highest BCUT2D eigenvalue weighted by atomic mass is 32.2. The van der Waals surface area contributed by atoms with Gasteiger partial charge in [0.15, 0.2) is 0 Å². The van der Waals surface area contributed by atoms with Crippen LogP contribution in [0.5, 0.6) is 0 Å². The van der Waals surface area contributed by atoms with Crippen LogP contribution in [-0.2, 0) is 10.0 Å². The van der Waals surface area contributed by atoms with Crippen molar-refractivity contribution in [3.63, 3.8) is 0 Å². The molecule has 0 radical (unpaired) electrons. The van der Waals surface area contributed by atoms with E-state index in [0.29, 0.717) is 24.4 Å². The summed E-state index contributed by atoms with van der Waals surface area (Å²) in [5, 5.41) is 8.82. The third kappa shape index (κ3) is 3.31. The molecule has 0 aliphatic carbocycles. The molecule has 0 saturated heterocycles. The predicted octanol–water partition coefficient (Wildman–Crippen LogP) is 1.70. The van der Waals surface area contributed by atoms with Gasteiger partial charge in [-0.1, -0.05) is 19.1 Å². The maximum absolute atomic E-state index is 12.5. The number of rotatable bonds is 6. The highest BCUT2D eigenvalue weighted by Gasteiger charge is 2.24. The molecule has 0 aliphatic heterocycles. The van der Waals surface area contributed by atoms with Crippen LogP contribution in [0.1, 0.15) is 24.5 Å². The molecule has 5 heteroatoms. The molecule has 0 saturated carbocycles. The molecule has 1 aromatic rings. The monoisotopic (exact) mass is 271 g/mol. The van der Waals surface area contributed by atoms with Gasteiger partial charge in [0.25, 0.3) is 0 Å². The molecular formula is C13H21NO3S. The van der Waals surface area contributed by atoms with Crippen LogP contribution in [0.15, 0.2) is 23.1 Å². The predicted molar refractivity (Wildman–Crippen MR) is 72.1 cm³/mol. The molecule has 0 aliphatic rings. The molecule has 0 spiro atoms. The molecule has 0 atom stereocenters. The number of hydrogen-bond donors (Lipinski definition) is 1. The Kier molecular flexibility index (Phi) is 5.31. The highest BCUT2D eigenvalue weighted by molar-refractivity contribution is 7.89. The minimum Gasteiger partial charge on any atom is -0.396 e. The number of aliphatic hydroxyl groups is 1. The van der Waals surface area contributed by atoms with E-state index in [0.717, 1.165) is 11.1 Å². The third-order valence-corrected chi connectivity index (χ3v) is 5.00. The van der Waals surface area contributed by atoms with Crippen molar-refractivity contribution in [2.24, 2.45) is 0 Å². The highest BCUT2D eigenvalue weighted by Crippen LogP contribution is 2.21. The van der Waals surface area contributed by atoms with Crippen LogP contribution in [0.4, 0.5) is 0 Å². The Balaban J connectivity index is 3.14. The maximum Gasteiger partial charge on any atom is 0.243 e. The van der Waals surface area contributed by atoms with Gasteiger partial charge in [-0.05, 0) is 37.5 Å². The lowest BCUT2D eigenvalue weighted by atomic mass is 10.2. The molecule has 1 aromatic carbocycles. The van der Waals surface area contributed by atoms with Crippen molar-refractivity contribution in [2.75, 3.05) is 19.7 Å². The van der Waals surface area contributed by atoms with E-state index in [2.05, 4.69) is 0 Å². The first-order chi connectivity index (χ1) is 8.43. The van der Waals surface area contributed by atoms with Gasteiger partial charge in [-0.2, -0.15) is 4.31 Å². The molecule has 0 unspecified atom stereocenters. The summed E-state index contributed by atoms with van der Waals surface area (Å²) in [5.74, 6) is 0. The second-order valence-electron chi connectivity index (χ2n) is 4.34. The molecule has 1 rings (SSSR count). The van der Waals surface area contributed by atoms with Crippen molar-refractivity contribution in [3.8, 4) is 0 Å². The average molecular weight is 271 g/mol. The van der Waals surface area contributed by atoms with Gasteiger partial charge >= 0.3 is 0 Å². The Morgan fingerprint density at radius 2 is 1.94 bits per heavy atom. The molecule has 102 valence electrons. The minimum absolute atomic E-state index is 0.00117. The van der Waals surface area contributed by atoms with E-state index >= 15 is 0 Å². The summed E-state index contributed by atoms with van der Waals surface area (Å²) in [6.45, 7) is 6.24. The Morgan fingerprint density at radius 1 is 1.28 bits per heavy atom. The first kappa shape index (κ1) is 15.1. The number of hydrogen-bond acceptors (Lipinski definition) is 3. The van der Waals surface area contributed by atoms with Crippen LogP contribution in [0.3, 0.4) is 0 Å². The zero-order chi connectivity index (χ0) is 13.8. The minimum atomic E-state index is -3.45. The van der Waals surface area contributed by atoms with Gasteiger partial charge in [0.2, 0.25) is 10.0 Å². The molecule has 1 N–H and O–H groups in total. The second kappa shape index (κ2) is 6.31. The number of aryl methyl sites for hydroxylation is 2. The third-order valence-electron chi connectivity index (χ3n) is 2.88. The van der Waals surface area contributed by atoms with Crippen LogP contribution in [0.25, 0.3) is 0 Å². The van der Waals surface area contributed by atoms with Crippen LogP contribution >= 0.6 is 0 Å². The molecule has 4 nitrogen and oxygen atoms in total. The van der Waals surface area contributed by atoms with Crippen molar-refractivity contribution in [3.05, 3.63) is 29.3 Å². The number of sulfonamides is 1. The lowest BCUT2D eigenvalue weighted by molar-refractivity contribution is 0.271. The fourth-order valence-corrected chi connectivity index (χ4v) is 3.62. The number of benzene rings is 1. The van der Waals surface area contributed by atoms with Crippen molar-refractivity contribution in [1.82, 2.24) is 4.31 Å².